The number of pyridine rings is 1. The van der Waals surface area contributed by atoms with Gasteiger partial charge in [-0.05, 0) is 31.4 Å². The van der Waals surface area contributed by atoms with Crippen LogP contribution < -0.4 is 0 Å². The van der Waals surface area contributed by atoms with Gasteiger partial charge in [-0.1, -0.05) is 0 Å². The standard InChI is InChI=1S/C12H13N3O/c1-7(16)4-8-5-10-12(13-6-8)15-11(14-10)9-2-3-9/h5-6,9H,2-4H2,1H3,(H,13,14,15). The molecule has 0 aromatic carbocycles. The summed E-state index contributed by atoms with van der Waals surface area (Å²) in [6, 6.07) is 1.97. The van der Waals surface area contributed by atoms with E-state index in [1.807, 2.05) is 6.07 Å². The van der Waals surface area contributed by atoms with Crippen LogP contribution in [0.3, 0.4) is 0 Å². The Balaban J connectivity index is 1.99. The number of carbonyl (C=O) groups excluding carboxylic acids is 1. The Bertz CT molecular complexity index is 554. The zero-order valence-electron chi connectivity index (χ0n) is 9.16. The summed E-state index contributed by atoms with van der Waals surface area (Å²) in [5.41, 5.74) is 2.65. The van der Waals surface area contributed by atoms with Gasteiger partial charge in [0.1, 0.15) is 11.6 Å². The molecule has 2 aromatic heterocycles. The summed E-state index contributed by atoms with van der Waals surface area (Å²) < 4.78 is 0. The van der Waals surface area contributed by atoms with Crippen molar-refractivity contribution in [2.24, 2.45) is 0 Å². The molecule has 3 rings (SSSR count). The third kappa shape index (κ3) is 1.71. The number of nitrogens with zero attached hydrogens (tertiary/aromatic N) is 2. The highest BCUT2D eigenvalue weighted by atomic mass is 16.1. The van der Waals surface area contributed by atoms with Crippen LogP contribution in [0.1, 0.15) is 37.1 Å². The SMILES string of the molecule is CC(=O)Cc1cnc2nc(C3CC3)[nH]c2c1. The molecule has 1 N–H and O–H groups in total. The van der Waals surface area contributed by atoms with Crippen molar-refractivity contribution in [2.45, 2.75) is 32.1 Å². The number of ketones is 1. The van der Waals surface area contributed by atoms with Gasteiger partial charge in [0, 0.05) is 18.5 Å². The lowest BCUT2D eigenvalue weighted by atomic mass is 10.1. The van der Waals surface area contributed by atoms with Crippen LogP contribution in [0.25, 0.3) is 11.2 Å². The number of hydrogen-bond acceptors (Lipinski definition) is 3. The van der Waals surface area contributed by atoms with E-state index in [4.69, 9.17) is 0 Å². The van der Waals surface area contributed by atoms with Gasteiger partial charge in [0.05, 0.1) is 5.52 Å². The van der Waals surface area contributed by atoms with Crippen LogP contribution in [-0.2, 0) is 11.2 Å². The lowest BCUT2D eigenvalue weighted by molar-refractivity contribution is -0.116. The van der Waals surface area contributed by atoms with Crippen LogP contribution in [0.2, 0.25) is 0 Å². The minimum atomic E-state index is 0.156. The van der Waals surface area contributed by atoms with E-state index in [0.29, 0.717) is 12.3 Å². The van der Waals surface area contributed by atoms with Crippen molar-refractivity contribution >= 4 is 16.9 Å². The van der Waals surface area contributed by atoms with Crippen molar-refractivity contribution in [1.29, 1.82) is 0 Å². The molecule has 0 saturated heterocycles. The van der Waals surface area contributed by atoms with Crippen LogP contribution in [0.4, 0.5) is 0 Å². The number of H-pyrrole nitrogens is 1. The molecule has 0 spiro atoms. The predicted octanol–water partition coefficient (Wildman–Crippen LogP) is 1.97. The second-order valence-electron chi connectivity index (χ2n) is 4.49. The summed E-state index contributed by atoms with van der Waals surface area (Å²) in [5.74, 6) is 1.80. The Morgan fingerprint density at radius 3 is 3.06 bits per heavy atom. The fraction of sp³-hybridized carbons (Fsp3) is 0.417. The molecule has 1 aliphatic rings. The quantitative estimate of drug-likeness (QED) is 0.851. The minimum absolute atomic E-state index is 0.156. The Labute approximate surface area is 93.1 Å². The molecule has 0 radical (unpaired) electrons. The van der Waals surface area contributed by atoms with Gasteiger partial charge in [-0.3, -0.25) is 4.79 Å². The summed E-state index contributed by atoms with van der Waals surface area (Å²) in [6.45, 7) is 1.59. The van der Waals surface area contributed by atoms with E-state index in [-0.39, 0.29) is 5.78 Å². The van der Waals surface area contributed by atoms with Crippen LogP contribution in [0.15, 0.2) is 12.3 Å². The molecular formula is C12H13N3O. The Morgan fingerprint density at radius 2 is 2.38 bits per heavy atom. The zero-order chi connectivity index (χ0) is 11.1. The van der Waals surface area contributed by atoms with Crippen molar-refractivity contribution in [2.75, 3.05) is 0 Å². The smallest absolute Gasteiger partial charge is 0.177 e. The minimum Gasteiger partial charge on any atom is -0.340 e. The first-order chi connectivity index (χ1) is 7.72. The number of aromatic nitrogens is 3. The number of rotatable bonds is 3. The number of fused-ring (bicyclic) bond motifs is 1. The number of carbonyl (C=O) groups is 1. The molecule has 0 bridgehead atoms. The molecule has 2 aromatic rings. The van der Waals surface area contributed by atoms with Crippen molar-refractivity contribution in [3.8, 4) is 0 Å². The van der Waals surface area contributed by atoms with E-state index in [1.165, 1.54) is 12.8 Å². The number of aromatic amines is 1. The maximum absolute atomic E-state index is 11.0. The van der Waals surface area contributed by atoms with Gasteiger partial charge in [-0.2, -0.15) is 0 Å². The summed E-state index contributed by atoms with van der Waals surface area (Å²) in [6.07, 6.45) is 4.63. The summed E-state index contributed by atoms with van der Waals surface area (Å²) in [4.78, 5) is 23.0. The van der Waals surface area contributed by atoms with Crippen LogP contribution in [0, 0.1) is 0 Å². The molecule has 0 atom stereocenters. The number of imidazole rings is 1. The van der Waals surface area contributed by atoms with E-state index in [0.717, 1.165) is 22.6 Å². The molecule has 0 amide bonds. The van der Waals surface area contributed by atoms with Gasteiger partial charge < -0.3 is 4.98 Å². The summed E-state index contributed by atoms with van der Waals surface area (Å²) in [7, 11) is 0. The zero-order valence-corrected chi connectivity index (χ0v) is 9.16. The topological polar surface area (TPSA) is 58.6 Å². The van der Waals surface area contributed by atoms with Gasteiger partial charge in [0.2, 0.25) is 0 Å². The molecule has 1 fully saturated rings. The molecule has 4 heteroatoms. The molecule has 1 aliphatic carbocycles. The lowest BCUT2D eigenvalue weighted by Gasteiger charge is -1.95. The third-order valence-corrected chi connectivity index (χ3v) is 2.83. The Kier molecular flexibility index (Phi) is 2.02. The largest absolute Gasteiger partial charge is 0.340 e. The maximum Gasteiger partial charge on any atom is 0.177 e. The molecule has 16 heavy (non-hydrogen) atoms. The average Bonchev–Trinajstić information content (AvgIpc) is 2.98. The highest BCUT2D eigenvalue weighted by molar-refractivity contribution is 5.80. The van der Waals surface area contributed by atoms with E-state index >= 15 is 0 Å². The van der Waals surface area contributed by atoms with Gasteiger partial charge in [0.15, 0.2) is 5.65 Å². The number of Topliss-reactive ketones (excluding diaryl/α,β-unsaturated/α-hetero) is 1. The van der Waals surface area contributed by atoms with E-state index in [1.54, 1.807) is 13.1 Å². The fourth-order valence-corrected chi connectivity index (χ4v) is 1.90. The van der Waals surface area contributed by atoms with E-state index < -0.39 is 0 Å². The first kappa shape index (κ1) is 9.51. The fourth-order valence-electron chi connectivity index (χ4n) is 1.90. The third-order valence-electron chi connectivity index (χ3n) is 2.83. The summed E-state index contributed by atoms with van der Waals surface area (Å²) >= 11 is 0. The normalized spacial score (nSPS) is 15.6. The number of hydrogen-bond donors (Lipinski definition) is 1. The molecular weight excluding hydrogens is 202 g/mol. The van der Waals surface area contributed by atoms with Crippen LogP contribution in [0.5, 0.6) is 0 Å². The first-order valence-electron chi connectivity index (χ1n) is 5.56. The molecule has 4 nitrogen and oxygen atoms in total. The second kappa shape index (κ2) is 3.40. The molecule has 2 heterocycles. The predicted molar refractivity (Wildman–Crippen MR) is 60.2 cm³/mol. The van der Waals surface area contributed by atoms with Crippen molar-refractivity contribution in [3.05, 3.63) is 23.7 Å². The first-order valence-corrected chi connectivity index (χ1v) is 5.56. The highest BCUT2D eigenvalue weighted by Gasteiger charge is 2.26. The van der Waals surface area contributed by atoms with Crippen LogP contribution >= 0.6 is 0 Å². The van der Waals surface area contributed by atoms with Crippen molar-refractivity contribution < 1.29 is 4.79 Å². The molecule has 1 saturated carbocycles. The van der Waals surface area contributed by atoms with E-state index in [9.17, 15) is 4.79 Å². The number of nitrogens with one attached hydrogen (secondary N) is 1. The lowest BCUT2D eigenvalue weighted by Crippen LogP contribution is -1.96. The Hall–Kier alpha value is -1.71. The van der Waals surface area contributed by atoms with E-state index in [2.05, 4.69) is 15.0 Å². The monoisotopic (exact) mass is 215 g/mol. The maximum atomic E-state index is 11.0. The Morgan fingerprint density at radius 1 is 1.56 bits per heavy atom. The van der Waals surface area contributed by atoms with Gasteiger partial charge in [-0.15, -0.1) is 0 Å². The van der Waals surface area contributed by atoms with Gasteiger partial charge in [0.25, 0.3) is 0 Å². The summed E-state index contributed by atoms with van der Waals surface area (Å²) in [5, 5.41) is 0. The van der Waals surface area contributed by atoms with Crippen LogP contribution in [-0.4, -0.2) is 20.7 Å². The van der Waals surface area contributed by atoms with Crippen molar-refractivity contribution in [3.63, 3.8) is 0 Å². The molecule has 0 unspecified atom stereocenters. The van der Waals surface area contributed by atoms with Gasteiger partial charge >= 0.3 is 0 Å². The average molecular weight is 215 g/mol. The molecule has 82 valence electrons. The van der Waals surface area contributed by atoms with Crippen molar-refractivity contribution in [1.82, 2.24) is 15.0 Å². The van der Waals surface area contributed by atoms with Gasteiger partial charge in [-0.25, -0.2) is 9.97 Å². The highest BCUT2D eigenvalue weighted by Crippen LogP contribution is 2.38. The molecule has 0 aliphatic heterocycles. The second-order valence-corrected chi connectivity index (χ2v) is 4.49.